The molecule has 0 fully saturated rings. The zero-order valence-corrected chi connectivity index (χ0v) is 17.9. The van der Waals surface area contributed by atoms with E-state index in [-0.39, 0.29) is 27.9 Å². The molecule has 5 nitrogen and oxygen atoms in total. The summed E-state index contributed by atoms with van der Waals surface area (Å²) in [7, 11) is -3.57. The van der Waals surface area contributed by atoms with Gasteiger partial charge in [0, 0.05) is 22.5 Å². The Labute approximate surface area is 170 Å². The number of hydrogen-bond donors (Lipinski definition) is 2. The number of hydrogen-bond acceptors (Lipinski definition) is 4. The van der Waals surface area contributed by atoms with Gasteiger partial charge in [-0.1, -0.05) is 18.2 Å². The van der Waals surface area contributed by atoms with Crippen LogP contribution in [0.4, 0.5) is 10.1 Å². The van der Waals surface area contributed by atoms with Crippen LogP contribution >= 0.6 is 11.8 Å². The van der Waals surface area contributed by atoms with Crippen molar-refractivity contribution in [3.8, 4) is 0 Å². The predicted molar refractivity (Wildman–Crippen MR) is 112 cm³/mol. The Hall–Kier alpha value is -1.90. The smallest absolute Gasteiger partial charge is 0.240 e. The minimum absolute atomic E-state index is 0.134. The standard InChI is InChI=1S/C20H25FN2O3S2/c1-13(2)23-28(25,26)17-11-9-16(10-12-17)22-20(24)15(4)27-14(3)18-7-5-6-8-19(18)21/h5-15,23H,1-4H3,(H,22,24). The fourth-order valence-corrected chi connectivity index (χ4v) is 4.97. The zero-order chi connectivity index (χ0) is 20.9. The summed E-state index contributed by atoms with van der Waals surface area (Å²) in [5, 5.41) is 2.16. The lowest BCUT2D eigenvalue weighted by molar-refractivity contribution is -0.115. The van der Waals surface area contributed by atoms with Crippen molar-refractivity contribution in [2.75, 3.05) is 5.32 Å². The summed E-state index contributed by atoms with van der Waals surface area (Å²) < 4.78 is 40.7. The summed E-state index contributed by atoms with van der Waals surface area (Å²) in [5.41, 5.74) is 1.05. The highest BCUT2D eigenvalue weighted by Crippen LogP contribution is 2.33. The first-order chi connectivity index (χ1) is 13.1. The SMILES string of the molecule is CC(C)NS(=O)(=O)c1ccc(NC(=O)C(C)SC(C)c2ccccc2F)cc1. The third-order valence-electron chi connectivity index (χ3n) is 3.94. The number of carbonyl (C=O) groups is 1. The average Bonchev–Trinajstić information content (AvgIpc) is 2.61. The normalized spacial score (nSPS) is 13.9. The molecule has 1 amide bonds. The fourth-order valence-electron chi connectivity index (χ4n) is 2.59. The van der Waals surface area contributed by atoms with Gasteiger partial charge >= 0.3 is 0 Å². The van der Waals surface area contributed by atoms with E-state index < -0.39 is 15.3 Å². The number of carbonyl (C=O) groups excluding carboxylic acids is 1. The quantitative estimate of drug-likeness (QED) is 0.661. The third kappa shape index (κ3) is 6.05. The molecule has 0 aromatic heterocycles. The van der Waals surface area contributed by atoms with E-state index in [4.69, 9.17) is 0 Å². The summed E-state index contributed by atoms with van der Waals surface area (Å²) in [5.74, 6) is -0.522. The Morgan fingerprint density at radius 1 is 1.00 bits per heavy atom. The van der Waals surface area contributed by atoms with Gasteiger partial charge in [0.2, 0.25) is 15.9 Å². The van der Waals surface area contributed by atoms with Crippen molar-refractivity contribution in [3.05, 3.63) is 59.9 Å². The highest BCUT2D eigenvalue weighted by atomic mass is 32.2. The van der Waals surface area contributed by atoms with E-state index in [1.807, 2.05) is 6.92 Å². The first-order valence-corrected chi connectivity index (χ1v) is 11.4. The Morgan fingerprint density at radius 2 is 1.61 bits per heavy atom. The van der Waals surface area contributed by atoms with Gasteiger partial charge in [-0.25, -0.2) is 17.5 Å². The second-order valence-electron chi connectivity index (χ2n) is 6.73. The lowest BCUT2D eigenvalue weighted by Crippen LogP contribution is -2.30. The molecular weight excluding hydrogens is 399 g/mol. The Morgan fingerprint density at radius 3 is 2.18 bits per heavy atom. The summed E-state index contributed by atoms with van der Waals surface area (Å²) in [6.45, 7) is 7.10. The molecule has 2 aromatic carbocycles. The molecule has 0 aliphatic rings. The van der Waals surface area contributed by atoms with Crippen LogP contribution in [-0.2, 0) is 14.8 Å². The predicted octanol–water partition coefficient (Wildman–Crippen LogP) is 4.33. The van der Waals surface area contributed by atoms with Crippen LogP contribution in [0.2, 0.25) is 0 Å². The van der Waals surface area contributed by atoms with Crippen molar-refractivity contribution in [3.63, 3.8) is 0 Å². The van der Waals surface area contributed by atoms with E-state index in [2.05, 4.69) is 10.0 Å². The highest BCUT2D eigenvalue weighted by molar-refractivity contribution is 8.00. The van der Waals surface area contributed by atoms with E-state index in [9.17, 15) is 17.6 Å². The molecule has 0 spiro atoms. The molecule has 0 heterocycles. The maximum atomic E-state index is 13.9. The lowest BCUT2D eigenvalue weighted by Gasteiger charge is -2.18. The summed E-state index contributed by atoms with van der Waals surface area (Å²) >= 11 is 1.35. The van der Waals surface area contributed by atoms with Crippen LogP contribution in [0.1, 0.15) is 38.5 Å². The van der Waals surface area contributed by atoms with Crippen molar-refractivity contribution in [2.45, 2.75) is 49.1 Å². The van der Waals surface area contributed by atoms with Crippen molar-refractivity contribution >= 4 is 33.4 Å². The molecule has 0 bridgehead atoms. The second-order valence-corrected chi connectivity index (χ2v) is 10.1. The van der Waals surface area contributed by atoms with Crippen LogP contribution in [0.3, 0.4) is 0 Å². The minimum Gasteiger partial charge on any atom is -0.325 e. The summed E-state index contributed by atoms with van der Waals surface area (Å²) in [6, 6.07) is 12.3. The van der Waals surface area contributed by atoms with Crippen molar-refractivity contribution in [2.24, 2.45) is 0 Å². The van der Waals surface area contributed by atoms with Crippen LogP contribution in [-0.4, -0.2) is 25.6 Å². The molecule has 0 saturated heterocycles. The van der Waals surface area contributed by atoms with Gasteiger partial charge in [0.1, 0.15) is 5.82 Å². The van der Waals surface area contributed by atoms with Gasteiger partial charge in [-0.3, -0.25) is 4.79 Å². The highest BCUT2D eigenvalue weighted by Gasteiger charge is 2.20. The van der Waals surface area contributed by atoms with E-state index in [0.29, 0.717) is 11.3 Å². The Bertz CT molecular complexity index is 915. The molecule has 0 aliphatic carbocycles. The third-order valence-corrected chi connectivity index (χ3v) is 6.90. The monoisotopic (exact) mass is 424 g/mol. The number of halogens is 1. The first-order valence-electron chi connectivity index (χ1n) is 8.93. The van der Waals surface area contributed by atoms with Crippen LogP contribution in [0.15, 0.2) is 53.4 Å². The number of amides is 1. The maximum absolute atomic E-state index is 13.9. The number of anilines is 1. The Balaban J connectivity index is 1.99. The molecule has 2 unspecified atom stereocenters. The molecule has 28 heavy (non-hydrogen) atoms. The van der Waals surface area contributed by atoms with Crippen LogP contribution in [0, 0.1) is 5.82 Å². The van der Waals surface area contributed by atoms with E-state index in [1.165, 1.54) is 30.0 Å². The van der Waals surface area contributed by atoms with Gasteiger partial charge in [0.15, 0.2) is 0 Å². The Kier molecular flexibility index (Phi) is 7.63. The van der Waals surface area contributed by atoms with E-state index in [0.717, 1.165) is 0 Å². The fraction of sp³-hybridized carbons (Fsp3) is 0.350. The molecule has 2 atom stereocenters. The number of thioether (sulfide) groups is 1. The number of rotatable bonds is 8. The maximum Gasteiger partial charge on any atom is 0.240 e. The van der Waals surface area contributed by atoms with Gasteiger partial charge in [-0.05, 0) is 58.0 Å². The van der Waals surface area contributed by atoms with Crippen LogP contribution in [0.5, 0.6) is 0 Å². The number of benzene rings is 2. The van der Waals surface area contributed by atoms with Gasteiger partial charge in [0.05, 0.1) is 10.1 Å². The van der Waals surface area contributed by atoms with Crippen LogP contribution in [0.25, 0.3) is 0 Å². The molecule has 8 heteroatoms. The summed E-state index contributed by atoms with van der Waals surface area (Å²) in [6.07, 6.45) is 0. The van der Waals surface area contributed by atoms with Crippen molar-refractivity contribution in [1.82, 2.24) is 4.72 Å². The van der Waals surface area contributed by atoms with Gasteiger partial charge in [-0.15, -0.1) is 11.8 Å². The van der Waals surface area contributed by atoms with Crippen LogP contribution < -0.4 is 10.0 Å². The molecule has 0 radical (unpaired) electrons. The topological polar surface area (TPSA) is 75.3 Å². The molecular formula is C20H25FN2O3S2. The summed E-state index contributed by atoms with van der Waals surface area (Å²) in [4.78, 5) is 12.6. The first kappa shape index (κ1) is 22.4. The molecule has 2 N–H and O–H groups in total. The van der Waals surface area contributed by atoms with Crippen molar-refractivity contribution in [1.29, 1.82) is 0 Å². The van der Waals surface area contributed by atoms with Gasteiger partial charge in [0.25, 0.3) is 0 Å². The molecule has 0 aliphatic heterocycles. The minimum atomic E-state index is -3.57. The molecule has 152 valence electrons. The average molecular weight is 425 g/mol. The van der Waals surface area contributed by atoms with E-state index in [1.54, 1.807) is 51.1 Å². The largest absolute Gasteiger partial charge is 0.325 e. The zero-order valence-electron chi connectivity index (χ0n) is 16.3. The second kappa shape index (κ2) is 9.54. The number of nitrogens with one attached hydrogen (secondary N) is 2. The van der Waals surface area contributed by atoms with Gasteiger partial charge in [-0.2, -0.15) is 0 Å². The molecule has 0 saturated carbocycles. The molecule has 2 aromatic rings. The molecule has 2 rings (SSSR count). The number of sulfonamides is 1. The van der Waals surface area contributed by atoms with Gasteiger partial charge < -0.3 is 5.32 Å². The van der Waals surface area contributed by atoms with E-state index >= 15 is 0 Å². The van der Waals surface area contributed by atoms with Crippen molar-refractivity contribution < 1.29 is 17.6 Å². The lowest BCUT2D eigenvalue weighted by atomic mass is 10.1.